The molecule has 0 spiro atoms. The zero-order valence-electron chi connectivity index (χ0n) is 31.4. The molecule has 3 aliphatic heterocycles. The summed E-state index contributed by atoms with van der Waals surface area (Å²) in [5.41, 5.74) is 0.922. The minimum atomic E-state index is -4.90. The molecular weight excluding hydrogens is 754 g/mol. The Labute approximate surface area is 325 Å². The van der Waals surface area contributed by atoms with E-state index in [2.05, 4.69) is 30.2 Å². The summed E-state index contributed by atoms with van der Waals surface area (Å²) in [6.45, 7) is 3.83. The number of carbonyl (C=O) groups is 2. The molecule has 2 N–H and O–H groups in total. The van der Waals surface area contributed by atoms with Gasteiger partial charge in [-0.15, -0.1) is 13.2 Å². The number of rotatable bonds is 10. The van der Waals surface area contributed by atoms with E-state index in [1.165, 1.54) is 29.1 Å². The number of benzene rings is 2. The summed E-state index contributed by atoms with van der Waals surface area (Å²) in [4.78, 5) is 44.7. The maximum atomic E-state index is 14.3. The number of aryl methyl sites for hydroxylation is 1. The molecule has 57 heavy (non-hydrogen) atoms. The smallest absolute Gasteiger partial charge is 0.405 e. The fourth-order valence-corrected chi connectivity index (χ4v) is 8.40. The average Bonchev–Trinajstić information content (AvgIpc) is 3.17. The largest absolute Gasteiger partial charge is 0.573 e. The number of pyridine rings is 2. The van der Waals surface area contributed by atoms with Crippen LogP contribution in [0.3, 0.4) is 0 Å². The van der Waals surface area contributed by atoms with Crippen molar-refractivity contribution in [2.45, 2.75) is 76.0 Å². The molecule has 2 aromatic heterocycles. The normalized spacial score (nSPS) is 19.5. The Balaban J connectivity index is 0.922. The van der Waals surface area contributed by atoms with Gasteiger partial charge in [0.05, 0.1) is 10.9 Å². The molecule has 3 fully saturated rings. The van der Waals surface area contributed by atoms with Crippen LogP contribution < -0.4 is 20.9 Å². The van der Waals surface area contributed by atoms with Gasteiger partial charge in [0, 0.05) is 55.4 Å². The van der Waals surface area contributed by atoms with E-state index in [4.69, 9.17) is 0 Å². The fraction of sp³-hybridized carbons (Fsp3) is 0.463. The number of fused-ring (bicyclic) bond motifs is 1. The molecule has 0 aliphatic carbocycles. The predicted octanol–water partition coefficient (Wildman–Crippen LogP) is 7.22. The van der Waals surface area contributed by atoms with Crippen LogP contribution in [0.4, 0.5) is 32.0 Å². The number of amides is 2. The molecule has 16 heteroatoms. The quantitative estimate of drug-likeness (QED) is 0.128. The van der Waals surface area contributed by atoms with Crippen LogP contribution >= 0.6 is 0 Å². The lowest BCUT2D eigenvalue weighted by Crippen LogP contribution is -2.47. The molecule has 10 nitrogen and oxygen atoms in total. The number of nitrogens with zero attached hydrogens (tertiary/aromatic N) is 4. The van der Waals surface area contributed by atoms with Crippen LogP contribution in [0.1, 0.15) is 67.6 Å². The summed E-state index contributed by atoms with van der Waals surface area (Å²) in [6, 6.07) is 9.78. The summed E-state index contributed by atoms with van der Waals surface area (Å²) in [5.74, 6) is -1.08. The van der Waals surface area contributed by atoms with Crippen molar-refractivity contribution in [2.75, 3.05) is 38.0 Å². The lowest BCUT2D eigenvalue weighted by molar-refractivity contribution is -0.275. The van der Waals surface area contributed by atoms with Crippen molar-refractivity contribution in [3.05, 3.63) is 88.1 Å². The number of hydrogen-bond acceptors (Lipinski definition) is 8. The second-order valence-corrected chi connectivity index (χ2v) is 15.3. The number of alkyl halides is 6. The first-order valence-corrected chi connectivity index (χ1v) is 19.2. The number of aromatic nitrogens is 2. The minimum Gasteiger partial charge on any atom is -0.405 e. The Kier molecular flexibility index (Phi) is 11.6. The summed E-state index contributed by atoms with van der Waals surface area (Å²) in [7, 11) is 1.58. The lowest BCUT2D eigenvalue weighted by atomic mass is 9.85. The van der Waals surface area contributed by atoms with E-state index in [0.717, 1.165) is 31.9 Å². The Bertz CT molecular complexity index is 2170. The van der Waals surface area contributed by atoms with Crippen LogP contribution in [-0.2, 0) is 29.4 Å². The second-order valence-electron chi connectivity index (χ2n) is 15.3. The number of likely N-dealkylation sites (tertiary alicyclic amines) is 2. The highest BCUT2D eigenvalue weighted by molar-refractivity contribution is 6.01. The maximum Gasteiger partial charge on any atom is 0.573 e. The molecule has 0 saturated carbocycles. The van der Waals surface area contributed by atoms with E-state index in [1.54, 1.807) is 37.5 Å². The molecule has 3 saturated heterocycles. The van der Waals surface area contributed by atoms with E-state index < -0.39 is 36.0 Å². The van der Waals surface area contributed by atoms with Crippen LogP contribution in [0.5, 0.6) is 5.75 Å². The van der Waals surface area contributed by atoms with Gasteiger partial charge in [-0.1, -0.05) is 18.2 Å². The molecule has 5 heterocycles. The van der Waals surface area contributed by atoms with E-state index >= 15 is 0 Å². The summed E-state index contributed by atoms with van der Waals surface area (Å²) in [6.07, 6.45) is -0.742. The molecule has 1 unspecified atom stereocenters. The van der Waals surface area contributed by atoms with E-state index in [-0.39, 0.29) is 47.9 Å². The Morgan fingerprint density at radius 2 is 1.61 bits per heavy atom. The Morgan fingerprint density at radius 1 is 0.877 bits per heavy atom. The number of carbonyl (C=O) groups excluding carboxylic acids is 2. The fourth-order valence-electron chi connectivity index (χ4n) is 8.40. The zero-order chi connectivity index (χ0) is 40.5. The summed E-state index contributed by atoms with van der Waals surface area (Å²) < 4.78 is 89.5. The van der Waals surface area contributed by atoms with Crippen molar-refractivity contribution < 1.29 is 40.7 Å². The van der Waals surface area contributed by atoms with Crippen molar-refractivity contribution in [3.8, 4) is 16.9 Å². The first-order valence-electron chi connectivity index (χ1n) is 19.2. The van der Waals surface area contributed by atoms with Crippen LogP contribution in [0.2, 0.25) is 0 Å². The molecule has 304 valence electrons. The van der Waals surface area contributed by atoms with Gasteiger partial charge in [0.15, 0.2) is 0 Å². The molecule has 1 atom stereocenters. The monoisotopic (exact) mass is 798 g/mol. The van der Waals surface area contributed by atoms with Crippen molar-refractivity contribution >= 4 is 28.3 Å². The van der Waals surface area contributed by atoms with Gasteiger partial charge < -0.3 is 19.5 Å². The minimum absolute atomic E-state index is 0.116. The lowest BCUT2D eigenvalue weighted by Gasteiger charge is -2.36. The van der Waals surface area contributed by atoms with Crippen LogP contribution in [0, 0.1) is 5.92 Å². The second kappa shape index (κ2) is 16.5. The van der Waals surface area contributed by atoms with Gasteiger partial charge in [-0.3, -0.25) is 29.6 Å². The van der Waals surface area contributed by atoms with E-state index in [1.807, 2.05) is 0 Å². The average molecular weight is 799 g/mol. The molecule has 0 radical (unpaired) electrons. The van der Waals surface area contributed by atoms with Crippen molar-refractivity contribution in [1.29, 1.82) is 0 Å². The van der Waals surface area contributed by atoms with Gasteiger partial charge in [-0.25, -0.2) is 0 Å². The number of ether oxygens (including phenoxy) is 1. The van der Waals surface area contributed by atoms with Gasteiger partial charge in [-0.2, -0.15) is 13.2 Å². The maximum absolute atomic E-state index is 14.3. The Hall–Kier alpha value is -4.96. The standard InChI is InChI=1S/C41H44F6N6O4/c1-51-24-33(31-8-14-48-22-32(31)39(51)56)27-2-3-28(36(20-27)57-41(45,46)47)23-53-16-10-25(11-17-53)9-15-52-18-12-26(13-19-52)30-5-4-29(21-34(30)40(42,43)44)49-35-6-7-37(54)50-38(35)55/h2-5,8,14,20-22,24-26,35,49H,6-7,9-13,15-19,23H2,1H3,(H,50,54,55). The van der Waals surface area contributed by atoms with Crippen LogP contribution in [0.25, 0.3) is 21.9 Å². The van der Waals surface area contributed by atoms with Gasteiger partial charge in [0.2, 0.25) is 11.8 Å². The van der Waals surface area contributed by atoms with Crippen molar-refractivity contribution in [1.82, 2.24) is 24.7 Å². The van der Waals surface area contributed by atoms with Crippen LogP contribution in [-0.4, -0.2) is 76.3 Å². The van der Waals surface area contributed by atoms with Crippen molar-refractivity contribution in [3.63, 3.8) is 0 Å². The number of piperidine rings is 3. The first kappa shape index (κ1) is 40.2. The molecule has 0 bridgehead atoms. The zero-order valence-corrected chi connectivity index (χ0v) is 31.4. The first-order chi connectivity index (χ1) is 27.1. The predicted molar refractivity (Wildman–Crippen MR) is 201 cm³/mol. The SMILES string of the molecule is Cn1cc(-c2ccc(CN3CCC(CCN4CCC(c5ccc(NC6CCC(=O)NC6=O)cc5C(F)(F)F)CC4)CC3)c(OC(F)(F)F)c2)c2ccncc2c1=O. The highest BCUT2D eigenvalue weighted by Gasteiger charge is 2.37. The molecule has 2 amide bonds. The van der Waals surface area contributed by atoms with Gasteiger partial charge in [-0.05, 0) is 124 Å². The van der Waals surface area contributed by atoms with Gasteiger partial charge in [0.1, 0.15) is 11.8 Å². The molecular formula is C41H44F6N6O4. The number of anilines is 1. The summed E-state index contributed by atoms with van der Waals surface area (Å²) >= 11 is 0. The molecule has 2 aromatic carbocycles. The summed E-state index contributed by atoms with van der Waals surface area (Å²) in [5, 5.41) is 6.00. The molecule has 7 rings (SSSR count). The molecule has 3 aliphatic rings. The third-order valence-corrected chi connectivity index (χ3v) is 11.5. The van der Waals surface area contributed by atoms with E-state index in [9.17, 15) is 40.7 Å². The highest BCUT2D eigenvalue weighted by Crippen LogP contribution is 2.41. The van der Waals surface area contributed by atoms with Crippen LogP contribution in [0.15, 0.2) is 65.8 Å². The number of imide groups is 1. The number of hydrogen-bond donors (Lipinski definition) is 2. The number of halogens is 6. The molecule has 4 aromatic rings. The van der Waals surface area contributed by atoms with Crippen molar-refractivity contribution in [2.24, 2.45) is 13.0 Å². The third kappa shape index (κ3) is 9.61. The Morgan fingerprint density at radius 3 is 2.32 bits per heavy atom. The van der Waals surface area contributed by atoms with E-state index in [0.29, 0.717) is 72.4 Å². The van der Waals surface area contributed by atoms with Gasteiger partial charge in [0.25, 0.3) is 5.56 Å². The topological polar surface area (TPSA) is 109 Å². The number of nitrogens with one attached hydrogen (secondary N) is 2. The third-order valence-electron chi connectivity index (χ3n) is 11.5. The highest BCUT2D eigenvalue weighted by atomic mass is 19.4. The van der Waals surface area contributed by atoms with Gasteiger partial charge >= 0.3 is 12.5 Å².